The van der Waals surface area contributed by atoms with Crippen molar-refractivity contribution >= 4 is 16.1 Å². The molecule has 1 N–H and O–H groups in total. The fraction of sp³-hybridized carbons (Fsp3) is 0.900. The largest absolute Gasteiger partial charge is 0.458 e. The molecule has 2 bridgehead atoms. The fourth-order valence-corrected chi connectivity index (χ4v) is 3.08. The van der Waals surface area contributed by atoms with Gasteiger partial charge in [0.15, 0.2) is 6.61 Å². The highest BCUT2D eigenvalue weighted by Crippen LogP contribution is 2.48. The number of rotatable bonds is 4. The fourth-order valence-electron chi connectivity index (χ4n) is 2.87. The van der Waals surface area contributed by atoms with Gasteiger partial charge in [-0.1, -0.05) is 6.42 Å². The van der Waals surface area contributed by atoms with Crippen molar-refractivity contribution in [2.75, 3.05) is 6.61 Å². The minimum Gasteiger partial charge on any atom is -0.458 e. The van der Waals surface area contributed by atoms with Crippen molar-refractivity contribution in [2.45, 2.75) is 30.9 Å². The Labute approximate surface area is 103 Å². The monoisotopic (exact) mass is 284 g/mol. The molecular weight excluding hydrogens is 270 g/mol. The first kappa shape index (κ1) is 13.7. The lowest BCUT2D eigenvalue weighted by atomic mass is 9.89. The maximum absolute atomic E-state index is 12.9. The van der Waals surface area contributed by atoms with E-state index in [9.17, 15) is 22.0 Å². The molecule has 5 nitrogen and oxygen atoms in total. The van der Waals surface area contributed by atoms with E-state index in [0.29, 0.717) is 12.3 Å². The predicted octanol–water partition coefficient (Wildman–Crippen LogP) is 1.45. The van der Waals surface area contributed by atoms with Gasteiger partial charge in [0.25, 0.3) is 0 Å². The summed E-state index contributed by atoms with van der Waals surface area (Å²) in [5.41, 5.74) is 0. The zero-order valence-corrected chi connectivity index (χ0v) is 10.3. The number of halogens is 2. The van der Waals surface area contributed by atoms with Crippen LogP contribution in [0, 0.1) is 17.8 Å². The predicted molar refractivity (Wildman–Crippen MR) is 56.4 cm³/mol. The van der Waals surface area contributed by atoms with Gasteiger partial charge >= 0.3 is 21.3 Å². The van der Waals surface area contributed by atoms with Crippen molar-refractivity contribution in [1.29, 1.82) is 0 Å². The zero-order valence-electron chi connectivity index (χ0n) is 9.51. The van der Waals surface area contributed by atoms with Gasteiger partial charge in [0.2, 0.25) is 0 Å². The first-order valence-corrected chi connectivity index (χ1v) is 7.16. The first-order valence-electron chi connectivity index (χ1n) is 5.72. The molecule has 0 aliphatic heterocycles. The molecule has 2 rings (SSSR count). The van der Waals surface area contributed by atoms with Crippen LogP contribution in [0.2, 0.25) is 0 Å². The summed E-state index contributed by atoms with van der Waals surface area (Å²) in [5, 5.41) is -4.44. The summed E-state index contributed by atoms with van der Waals surface area (Å²) in [6, 6.07) is 0. The van der Waals surface area contributed by atoms with Gasteiger partial charge in [-0.3, -0.25) is 9.35 Å². The normalized spacial score (nSPS) is 31.6. The van der Waals surface area contributed by atoms with Crippen molar-refractivity contribution in [3.63, 3.8) is 0 Å². The average Bonchev–Trinajstić information content (AvgIpc) is 2.85. The van der Waals surface area contributed by atoms with Crippen molar-refractivity contribution in [3.05, 3.63) is 0 Å². The third-order valence-electron chi connectivity index (χ3n) is 3.80. The summed E-state index contributed by atoms with van der Waals surface area (Å²) in [5.74, 6) is -0.567. The summed E-state index contributed by atoms with van der Waals surface area (Å²) in [4.78, 5) is 11.6. The highest BCUT2D eigenvalue weighted by molar-refractivity contribution is 7.86. The van der Waals surface area contributed by atoms with E-state index < -0.39 is 33.9 Å². The first-order chi connectivity index (χ1) is 8.21. The van der Waals surface area contributed by atoms with E-state index in [1.165, 1.54) is 0 Å². The lowest BCUT2D eigenvalue weighted by molar-refractivity contribution is -0.156. The summed E-state index contributed by atoms with van der Waals surface area (Å²) in [7, 11) is -5.54. The van der Waals surface area contributed by atoms with Crippen LogP contribution < -0.4 is 0 Å². The molecule has 3 atom stereocenters. The third-order valence-corrected chi connectivity index (χ3v) is 4.67. The molecule has 0 spiro atoms. The highest BCUT2D eigenvalue weighted by atomic mass is 32.2. The number of esters is 1. The molecule has 8 heteroatoms. The highest BCUT2D eigenvalue weighted by Gasteiger charge is 2.48. The minimum atomic E-state index is -5.54. The van der Waals surface area contributed by atoms with Crippen LogP contribution in [-0.2, 0) is 19.6 Å². The van der Waals surface area contributed by atoms with Crippen LogP contribution >= 0.6 is 0 Å². The number of fused-ring (bicyclic) bond motifs is 2. The van der Waals surface area contributed by atoms with Crippen LogP contribution in [0.25, 0.3) is 0 Å². The molecule has 0 radical (unpaired) electrons. The van der Waals surface area contributed by atoms with Gasteiger partial charge in [-0.2, -0.15) is 17.2 Å². The quantitative estimate of drug-likeness (QED) is 0.624. The van der Waals surface area contributed by atoms with Crippen LogP contribution in [0.4, 0.5) is 8.78 Å². The van der Waals surface area contributed by atoms with E-state index in [2.05, 4.69) is 4.74 Å². The summed E-state index contributed by atoms with van der Waals surface area (Å²) in [6.45, 7) is -1.63. The van der Waals surface area contributed by atoms with Gasteiger partial charge in [0.05, 0.1) is 5.92 Å². The molecule has 0 amide bonds. The Balaban J connectivity index is 1.90. The SMILES string of the molecule is O=C(OCC(F)(F)S(=O)(=O)O)C1CC2CCC1C2. The Bertz CT molecular complexity index is 447. The second kappa shape index (κ2) is 4.41. The molecule has 2 aliphatic rings. The lowest BCUT2D eigenvalue weighted by Crippen LogP contribution is -2.36. The van der Waals surface area contributed by atoms with E-state index in [1.54, 1.807) is 0 Å². The van der Waals surface area contributed by atoms with Crippen LogP contribution in [-0.4, -0.2) is 30.8 Å². The molecule has 0 aromatic carbocycles. The summed E-state index contributed by atoms with van der Waals surface area (Å²) < 4.78 is 59.0. The zero-order chi connectivity index (χ0) is 13.6. The number of carbonyl (C=O) groups is 1. The molecule has 18 heavy (non-hydrogen) atoms. The van der Waals surface area contributed by atoms with Crippen LogP contribution in [0.1, 0.15) is 25.7 Å². The second-order valence-electron chi connectivity index (χ2n) is 5.00. The van der Waals surface area contributed by atoms with Crippen LogP contribution in [0.3, 0.4) is 0 Å². The Kier molecular flexibility index (Phi) is 3.35. The lowest BCUT2D eigenvalue weighted by Gasteiger charge is -2.21. The molecule has 2 aliphatic carbocycles. The number of hydrogen-bond donors (Lipinski definition) is 1. The smallest absolute Gasteiger partial charge is 0.402 e. The third kappa shape index (κ3) is 2.49. The van der Waals surface area contributed by atoms with Crippen molar-refractivity contribution in [1.82, 2.24) is 0 Å². The summed E-state index contributed by atoms with van der Waals surface area (Å²) in [6.07, 6.45) is 3.48. The maximum Gasteiger partial charge on any atom is 0.402 e. The number of alkyl halides is 2. The minimum absolute atomic E-state index is 0.168. The molecule has 104 valence electrons. The Morgan fingerprint density at radius 1 is 1.33 bits per heavy atom. The molecule has 0 heterocycles. The van der Waals surface area contributed by atoms with Gasteiger partial charge in [0, 0.05) is 0 Å². The molecule has 2 fully saturated rings. The van der Waals surface area contributed by atoms with Crippen molar-refractivity contribution in [3.8, 4) is 0 Å². The van der Waals surface area contributed by atoms with Crippen LogP contribution in [0.5, 0.6) is 0 Å². The van der Waals surface area contributed by atoms with Gasteiger partial charge in [0.1, 0.15) is 0 Å². The van der Waals surface area contributed by atoms with Gasteiger partial charge in [-0.25, -0.2) is 0 Å². The molecule has 0 saturated heterocycles. The summed E-state index contributed by atoms with van der Waals surface area (Å²) >= 11 is 0. The Morgan fingerprint density at radius 3 is 2.44 bits per heavy atom. The van der Waals surface area contributed by atoms with E-state index >= 15 is 0 Å². The van der Waals surface area contributed by atoms with E-state index in [-0.39, 0.29) is 5.92 Å². The Hall–Kier alpha value is -0.760. The molecule has 3 unspecified atom stereocenters. The Morgan fingerprint density at radius 2 is 2.00 bits per heavy atom. The molecule has 2 saturated carbocycles. The molecule has 0 aromatic rings. The van der Waals surface area contributed by atoms with E-state index in [4.69, 9.17) is 4.55 Å². The van der Waals surface area contributed by atoms with Gasteiger partial charge in [-0.15, -0.1) is 0 Å². The number of ether oxygens (including phenoxy) is 1. The number of carbonyl (C=O) groups excluding carboxylic acids is 1. The molecular formula is C10H14F2O5S. The standard InChI is InChI=1S/C10H14F2O5S/c11-10(12,18(14,15)16)5-17-9(13)8-4-6-1-2-7(8)3-6/h6-8H,1-5H2,(H,14,15,16). The van der Waals surface area contributed by atoms with E-state index in [1.807, 2.05) is 0 Å². The van der Waals surface area contributed by atoms with Gasteiger partial charge in [-0.05, 0) is 31.1 Å². The topological polar surface area (TPSA) is 80.7 Å². The average molecular weight is 284 g/mol. The maximum atomic E-state index is 12.9. The van der Waals surface area contributed by atoms with Crippen molar-refractivity contribution in [2.24, 2.45) is 17.8 Å². The number of hydrogen-bond acceptors (Lipinski definition) is 4. The second-order valence-corrected chi connectivity index (χ2v) is 6.55. The van der Waals surface area contributed by atoms with Crippen LogP contribution in [0.15, 0.2) is 0 Å². The molecule has 0 aromatic heterocycles. The van der Waals surface area contributed by atoms with Crippen molar-refractivity contribution < 1.29 is 31.3 Å². The van der Waals surface area contributed by atoms with Gasteiger partial charge < -0.3 is 4.74 Å². The van der Waals surface area contributed by atoms with E-state index in [0.717, 1.165) is 19.3 Å².